The highest BCUT2D eigenvalue weighted by Crippen LogP contribution is 2.22. The van der Waals surface area contributed by atoms with Gasteiger partial charge in [-0.15, -0.1) is 0 Å². The Kier molecular flexibility index (Phi) is 3.12. The number of hydrogen-bond acceptors (Lipinski definition) is 3. The molecule has 0 saturated carbocycles. The summed E-state index contributed by atoms with van der Waals surface area (Å²) in [6.45, 7) is 0.279. The van der Waals surface area contributed by atoms with Gasteiger partial charge in [0.25, 0.3) is 0 Å². The monoisotopic (exact) mass is 218 g/mol. The van der Waals surface area contributed by atoms with E-state index in [2.05, 4.69) is 4.98 Å². The van der Waals surface area contributed by atoms with Crippen molar-refractivity contribution in [1.82, 2.24) is 4.98 Å². The maximum atomic E-state index is 13.2. The standard InChI is InChI=1S/C12H11FN2O/c13-10-4-9(7-14)5-12(6-10)16-11-2-1-3-15-8-11/h1-6,8H,7,14H2. The molecule has 0 aliphatic rings. The molecule has 0 radical (unpaired) electrons. The maximum Gasteiger partial charge on any atom is 0.145 e. The zero-order valence-electron chi connectivity index (χ0n) is 8.56. The summed E-state index contributed by atoms with van der Waals surface area (Å²) in [5.74, 6) is 0.631. The number of rotatable bonds is 3. The van der Waals surface area contributed by atoms with Crippen LogP contribution in [-0.2, 0) is 6.54 Å². The van der Waals surface area contributed by atoms with E-state index in [9.17, 15) is 4.39 Å². The first kappa shape index (κ1) is 10.6. The summed E-state index contributed by atoms with van der Waals surface area (Å²) < 4.78 is 18.6. The molecule has 1 aromatic heterocycles. The molecule has 0 bridgehead atoms. The van der Waals surface area contributed by atoms with Crippen LogP contribution in [0, 0.1) is 5.82 Å². The zero-order chi connectivity index (χ0) is 11.4. The topological polar surface area (TPSA) is 48.1 Å². The second kappa shape index (κ2) is 4.72. The molecule has 0 aliphatic heterocycles. The largest absolute Gasteiger partial charge is 0.456 e. The lowest BCUT2D eigenvalue weighted by atomic mass is 10.2. The van der Waals surface area contributed by atoms with Crippen molar-refractivity contribution in [1.29, 1.82) is 0 Å². The third kappa shape index (κ3) is 2.55. The van der Waals surface area contributed by atoms with Gasteiger partial charge in [-0.05, 0) is 29.8 Å². The molecule has 2 N–H and O–H groups in total. The van der Waals surface area contributed by atoms with E-state index in [1.807, 2.05) is 0 Å². The van der Waals surface area contributed by atoms with Crippen LogP contribution in [0.5, 0.6) is 11.5 Å². The molecule has 82 valence electrons. The van der Waals surface area contributed by atoms with Crippen molar-refractivity contribution < 1.29 is 9.13 Å². The number of pyridine rings is 1. The van der Waals surface area contributed by atoms with Gasteiger partial charge in [-0.2, -0.15) is 0 Å². The van der Waals surface area contributed by atoms with Crippen LogP contribution in [0.2, 0.25) is 0 Å². The lowest BCUT2D eigenvalue weighted by molar-refractivity contribution is 0.473. The molecule has 4 heteroatoms. The van der Waals surface area contributed by atoms with Crippen molar-refractivity contribution in [2.45, 2.75) is 6.54 Å². The van der Waals surface area contributed by atoms with Crippen LogP contribution >= 0.6 is 0 Å². The molecular formula is C12H11FN2O. The van der Waals surface area contributed by atoms with Gasteiger partial charge in [-0.3, -0.25) is 4.98 Å². The number of nitrogens with zero attached hydrogens (tertiary/aromatic N) is 1. The first-order chi connectivity index (χ1) is 7.78. The summed E-state index contributed by atoms with van der Waals surface area (Å²) >= 11 is 0. The first-order valence-corrected chi connectivity index (χ1v) is 4.85. The van der Waals surface area contributed by atoms with Gasteiger partial charge in [-0.25, -0.2) is 4.39 Å². The summed E-state index contributed by atoms with van der Waals surface area (Å²) in [5, 5.41) is 0. The minimum Gasteiger partial charge on any atom is -0.456 e. The van der Waals surface area contributed by atoms with Crippen molar-refractivity contribution in [3.05, 3.63) is 54.1 Å². The van der Waals surface area contributed by atoms with Gasteiger partial charge in [0, 0.05) is 18.8 Å². The smallest absolute Gasteiger partial charge is 0.145 e. The van der Waals surface area contributed by atoms with E-state index >= 15 is 0 Å². The Morgan fingerprint density at radius 3 is 2.81 bits per heavy atom. The highest BCUT2D eigenvalue weighted by Gasteiger charge is 2.02. The SMILES string of the molecule is NCc1cc(F)cc(Oc2cccnc2)c1. The Hall–Kier alpha value is -1.94. The lowest BCUT2D eigenvalue weighted by Crippen LogP contribution is -1.97. The Bertz CT molecular complexity index is 474. The van der Waals surface area contributed by atoms with Crippen molar-refractivity contribution in [3.8, 4) is 11.5 Å². The highest BCUT2D eigenvalue weighted by molar-refractivity contribution is 5.33. The van der Waals surface area contributed by atoms with Gasteiger partial charge in [0.05, 0.1) is 6.20 Å². The fourth-order valence-electron chi connectivity index (χ4n) is 1.34. The number of nitrogens with two attached hydrogens (primary N) is 1. The number of aromatic nitrogens is 1. The molecule has 3 nitrogen and oxygen atoms in total. The second-order valence-corrected chi connectivity index (χ2v) is 3.29. The van der Waals surface area contributed by atoms with Gasteiger partial charge >= 0.3 is 0 Å². The molecule has 1 heterocycles. The number of halogens is 1. The molecule has 2 rings (SSSR count). The summed E-state index contributed by atoms with van der Waals surface area (Å²) in [4.78, 5) is 3.90. The van der Waals surface area contributed by atoms with Gasteiger partial charge in [0.1, 0.15) is 17.3 Å². The Labute approximate surface area is 92.7 Å². The molecule has 0 fully saturated rings. The van der Waals surface area contributed by atoms with Crippen LogP contribution in [0.3, 0.4) is 0 Å². The van der Waals surface area contributed by atoms with Crippen LogP contribution in [0.25, 0.3) is 0 Å². The van der Waals surface area contributed by atoms with E-state index in [1.54, 1.807) is 30.6 Å². The third-order valence-corrected chi connectivity index (χ3v) is 2.04. The average molecular weight is 218 g/mol. The molecule has 0 unspecified atom stereocenters. The summed E-state index contributed by atoms with van der Waals surface area (Å²) in [6.07, 6.45) is 3.21. The number of benzene rings is 1. The third-order valence-electron chi connectivity index (χ3n) is 2.04. The fourth-order valence-corrected chi connectivity index (χ4v) is 1.34. The van der Waals surface area contributed by atoms with Crippen LogP contribution in [-0.4, -0.2) is 4.98 Å². The number of ether oxygens (including phenoxy) is 1. The van der Waals surface area contributed by atoms with E-state index in [0.717, 1.165) is 0 Å². The van der Waals surface area contributed by atoms with E-state index in [1.165, 1.54) is 12.1 Å². The average Bonchev–Trinajstić information content (AvgIpc) is 2.29. The van der Waals surface area contributed by atoms with Crippen LogP contribution in [0.4, 0.5) is 4.39 Å². The van der Waals surface area contributed by atoms with Gasteiger partial charge in [0.2, 0.25) is 0 Å². The molecule has 1 aromatic carbocycles. The lowest BCUT2D eigenvalue weighted by Gasteiger charge is -2.06. The fraction of sp³-hybridized carbons (Fsp3) is 0.0833. The Morgan fingerprint density at radius 2 is 2.12 bits per heavy atom. The maximum absolute atomic E-state index is 13.2. The van der Waals surface area contributed by atoms with E-state index < -0.39 is 0 Å². The Morgan fingerprint density at radius 1 is 1.25 bits per heavy atom. The van der Waals surface area contributed by atoms with E-state index in [0.29, 0.717) is 17.1 Å². The van der Waals surface area contributed by atoms with Crippen LogP contribution < -0.4 is 10.5 Å². The van der Waals surface area contributed by atoms with Crippen molar-refractivity contribution in [3.63, 3.8) is 0 Å². The summed E-state index contributed by atoms with van der Waals surface area (Å²) in [6, 6.07) is 7.90. The molecule has 2 aromatic rings. The predicted molar refractivity (Wildman–Crippen MR) is 58.6 cm³/mol. The minimum absolute atomic E-state index is 0.279. The first-order valence-electron chi connectivity index (χ1n) is 4.85. The number of hydrogen-bond donors (Lipinski definition) is 1. The van der Waals surface area contributed by atoms with Gasteiger partial charge in [0.15, 0.2) is 0 Å². The van der Waals surface area contributed by atoms with Crippen molar-refractivity contribution in [2.24, 2.45) is 5.73 Å². The van der Waals surface area contributed by atoms with Crippen molar-refractivity contribution in [2.75, 3.05) is 0 Å². The molecule has 0 saturated heterocycles. The Balaban J connectivity index is 2.24. The quantitative estimate of drug-likeness (QED) is 0.860. The van der Waals surface area contributed by atoms with E-state index in [4.69, 9.17) is 10.5 Å². The van der Waals surface area contributed by atoms with E-state index in [-0.39, 0.29) is 12.4 Å². The van der Waals surface area contributed by atoms with Crippen LogP contribution in [0.15, 0.2) is 42.7 Å². The normalized spacial score (nSPS) is 10.1. The van der Waals surface area contributed by atoms with Crippen LogP contribution in [0.1, 0.15) is 5.56 Å². The second-order valence-electron chi connectivity index (χ2n) is 3.29. The summed E-state index contributed by atoms with van der Waals surface area (Å²) in [5.41, 5.74) is 6.14. The zero-order valence-corrected chi connectivity index (χ0v) is 8.56. The van der Waals surface area contributed by atoms with Gasteiger partial charge < -0.3 is 10.5 Å². The minimum atomic E-state index is -0.359. The molecule has 0 aliphatic carbocycles. The predicted octanol–water partition coefficient (Wildman–Crippen LogP) is 2.47. The highest BCUT2D eigenvalue weighted by atomic mass is 19.1. The molecular weight excluding hydrogens is 207 g/mol. The molecule has 0 atom stereocenters. The van der Waals surface area contributed by atoms with Crippen molar-refractivity contribution >= 4 is 0 Å². The molecule has 0 spiro atoms. The molecule has 0 amide bonds. The van der Waals surface area contributed by atoms with Gasteiger partial charge in [-0.1, -0.05) is 0 Å². The summed E-state index contributed by atoms with van der Waals surface area (Å²) in [7, 11) is 0. The molecule has 16 heavy (non-hydrogen) atoms.